The first-order valence-corrected chi connectivity index (χ1v) is 7.93. The maximum atomic E-state index is 4.63. The molecule has 0 saturated heterocycles. The number of aliphatic imine (C=N–C) groups is 1. The molecule has 0 radical (unpaired) electrons. The molecule has 1 N–H and O–H groups in total. The van der Waals surface area contributed by atoms with Gasteiger partial charge in [0.25, 0.3) is 0 Å². The predicted molar refractivity (Wildman–Crippen MR) is 86.5 cm³/mol. The van der Waals surface area contributed by atoms with E-state index in [1.54, 1.807) is 22.3 Å². The maximum absolute atomic E-state index is 4.63. The van der Waals surface area contributed by atoms with E-state index in [-0.39, 0.29) is 0 Å². The minimum absolute atomic E-state index is 0.530. The molecule has 0 atom stereocenters. The summed E-state index contributed by atoms with van der Waals surface area (Å²) in [5, 5.41) is 9.49. The first kappa shape index (κ1) is 15.5. The highest BCUT2D eigenvalue weighted by atomic mass is 32.1. The Balaban J connectivity index is 1.94. The summed E-state index contributed by atoms with van der Waals surface area (Å²) in [7, 11) is 3.94. The zero-order valence-corrected chi connectivity index (χ0v) is 13.6. The standard InChI is InChI=1S/C14H22N6S/c1-4-15-14(16-10-13-17-11-18-20(13)3)19(2)8-7-12-6-5-9-21-12/h5-6,9,11H,4,7-8,10H2,1-3H3,(H,15,16). The van der Waals surface area contributed by atoms with Gasteiger partial charge in [-0.2, -0.15) is 5.10 Å². The minimum atomic E-state index is 0.530. The fourth-order valence-electron chi connectivity index (χ4n) is 1.92. The highest BCUT2D eigenvalue weighted by Gasteiger charge is 2.07. The Morgan fingerprint density at radius 1 is 1.52 bits per heavy atom. The predicted octanol–water partition coefficient (Wildman–Crippen LogP) is 1.52. The fraction of sp³-hybridized carbons (Fsp3) is 0.500. The smallest absolute Gasteiger partial charge is 0.194 e. The molecule has 0 aliphatic rings. The molecule has 0 amide bonds. The molecular formula is C14H22N6S. The van der Waals surface area contributed by atoms with Gasteiger partial charge in [0, 0.05) is 32.1 Å². The molecule has 2 rings (SSSR count). The van der Waals surface area contributed by atoms with Crippen LogP contribution in [-0.4, -0.2) is 45.8 Å². The number of aryl methyl sites for hydroxylation is 1. The Labute approximate surface area is 129 Å². The van der Waals surface area contributed by atoms with Crippen LogP contribution in [0, 0.1) is 0 Å². The van der Waals surface area contributed by atoms with Crippen molar-refractivity contribution in [3.63, 3.8) is 0 Å². The fourth-order valence-corrected chi connectivity index (χ4v) is 2.62. The summed E-state index contributed by atoms with van der Waals surface area (Å²) >= 11 is 1.79. The number of rotatable bonds is 6. The van der Waals surface area contributed by atoms with E-state index < -0.39 is 0 Å². The monoisotopic (exact) mass is 306 g/mol. The van der Waals surface area contributed by atoms with Crippen LogP contribution in [0.25, 0.3) is 0 Å². The highest BCUT2D eigenvalue weighted by molar-refractivity contribution is 7.09. The number of hydrogen-bond acceptors (Lipinski definition) is 4. The molecule has 114 valence electrons. The van der Waals surface area contributed by atoms with E-state index in [1.807, 2.05) is 7.05 Å². The van der Waals surface area contributed by atoms with Crippen LogP contribution in [0.4, 0.5) is 0 Å². The van der Waals surface area contributed by atoms with Gasteiger partial charge in [-0.3, -0.25) is 4.68 Å². The number of aromatic nitrogens is 3. The molecule has 21 heavy (non-hydrogen) atoms. The SMILES string of the molecule is CCNC(=NCc1ncnn1C)N(C)CCc1cccs1. The van der Waals surface area contributed by atoms with Gasteiger partial charge in [-0.05, 0) is 24.8 Å². The van der Waals surface area contributed by atoms with E-state index in [0.29, 0.717) is 6.54 Å². The van der Waals surface area contributed by atoms with Crippen LogP contribution in [0.1, 0.15) is 17.6 Å². The van der Waals surface area contributed by atoms with Gasteiger partial charge in [0.1, 0.15) is 18.7 Å². The third-order valence-electron chi connectivity index (χ3n) is 3.15. The van der Waals surface area contributed by atoms with Crippen molar-refractivity contribution in [1.29, 1.82) is 0 Å². The third-order valence-corrected chi connectivity index (χ3v) is 4.08. The molecule has 7 heteroatoms. The van der Waals surface area contributed by atoms with E-state index in [1.165, 1.54) is 4.88 Å². The van der Waals surface area contributed by atoms with E-state index in [0.717, 1.165) is 31.3 Å². The summed E-state index contributed by atoms with van der Waals surface area (Å²) in [6.45, 7) is 4.39. The van der Waals surface area contributed by atoms with E-state index in [9.17, 15) is 0 Å². The molecule has 2 heterocycles. The van der Waals surface area contributed by atoms with Gasteiger partial charge in [-0.25, -0.2) is 9.98 Å². The Morgan fingerprint density at radius 3 is 3.00 bits per heavy atom. The lowest BCUT2D eigenvalue weighted by atomic mass is 10.3. The summed E-state index contributed by atoms with van der Waals surface area (Å²) in [6.07, 6.45) is 2.58. The third kappa shape index (κ3) is 4.56. The molecule has 0 fully saturated rings. The van der Waals surface area contributed by atoms with Crippen LogP contribution in [0.3, 0.4) is 0 Å². The molecule has 2 aromatic heterocycles. The molecule has 0 aromatic carbocycles. The van der Waals surface area contributed by atoms with Crippen molar-refractivity contribution in [2.24, 2.45) is 12.0 Å². The highest BCUT2D eigenvalue weighted by Crippen LogP contribution is 2.09. The van der Waals surface area contributed by atoms with Crippen molar-refractivity contribution < 1.29 is 0 Å². The Kier molecular flexibility index (Phi) is 5.74. The van der Waals surface area contributed by atoms with Crippen LogP contribution in [-0.2, 0) is 20.0 Å². The first-order valence-electron chi connectivity index (χ1n) is 7.05. The van der Waals surface area contributed by atoms with Crippen LogP contribution < -0.4 is 5.32 Å². The zero-order valence-electron chi connectivity index (χ0n) is 12.8. The first-order chi connectivity index (χ1) is 10.2. The number of hydrogen-bond donors (Lipinski definition) is 1. The lowest BCUT2D eigenvalue weighted by molar-refractivity contribution is 0.485. The Hall–Kier alpha value is -1.89. The molecule has 0 bridgehead atoms. The van der Waals surface area contributed by atoms with Crippen molar-refractivity contribution in [2.75, 3.05) is 20.1 Å². The van der Waals surface area contributed by atoms with Crippen molar-refractivity contribution in [2.45, 2.75) is 19.9 Å². The minimum Gasteiger partial charge on any atom is -0.357 e. The maximum Gasteiger partial charge on any atom is 0.194 e. The van der Waals surface area contributed by atoms with Crippen LogP contribution in [0.2, 0.25) is 0 Å². The number of guanidine groups is 1. The second-order valence-corrected chi connectivity index (χ2v) is 5.75. The Morgan fingerprint density at radius 2 is 2.38 bits per heavy atom. The van der Waals surface area contributed by atoms with E-state index in [4.69, 9.17) is 0 Å². The summed E-state index contributed by atoms with van der Waals surface area (Å²) < 4.78 is 1.75. The molecular weight excluding hydrogens is 284 g/mol. The summed E-state index contributed by atoms with van der Waals surface area (Å²) in [6, 6.07) is 4.26. The zero-order chi connectivity index (χ0) is 15.1. The lowest BCUT2D eigenvalue weighted by Crippen LogP contribution is -2.39. The van der Waals surface area contributed by atoms with E-state index in [2.05, 4.69) is 56.8 Å². The van der Waals surface area contributed by atoms with Gasteiger partial charge in [-0.15, -0.1) is 11.3 Å². The molecule has 0 aliphatic heterocycles. The van der Waals surface area contributed by atoms with Crippen LogP contribution in [0.15, 0.2) is 28.8 Å². The summed E-state index contributed by atoms with van der Waals surface area (Å²) in [4.78, 5) is 12.4. The van der Waals surface area contributed by atoms with Gasteiger partial charge < -0.3 is 10.2 Å². The molecule has 6 nitrogen and oxygen atoms in total. The van der Waals surface area contributed by atoms with Crippen molar-refractivity contribution >= 4 is 17.3 Å². The van der Waals surface area contributed by atoms with Gasteiger partial charge >= 0.3 is 0 Å². The number of thiophene rings is 1. The summed E-state index contributed by atoms with van der Waals surface area (Å²) in [5.41, 5.74) is 0. The Bertz CT molecular complexity index is 560. The molecule has 0 spiro atoms. The lowest BCUT2D eigenvalue weighted by Gasteiger charge is -2.21. The summed E-state index contributed by atoms with van der Waals surface area (Å²) in [5.74, 6) is 1.76. The number of likely N-dealkylation sites (N-methyl/N-ethyl adjacent to an activating group) is 1. The average Bonchev–Trinajstić information content (AvgIpc) is 3.12. The molecule has 0 saturated carbocycles. The van der Waals surface area contributed by atoms with Crippen LogP contribution in [0.5, 0.6) is 0 Å². The molecule has 2 aromatic rings. The van der Waals surface area contributed by atoms with Crippen LogP contribution >= 0.6 is 11.3 Å². The topological polar surface area (TPSA) is 58.3 Å². The normalized spacial score (nSPS) is 11.7. The van der Waals surface area contributed by atoms with E-state index >= 15 is 0 Å². The van der Waals surface area contributed by atoms with Crippen molar-refractivity contribution in [1.82, 2.24) is 25.0 Å². The average molecular weight is 306 g/mol. The largest absolute Gasteiger partial charge is 0.357 e. The van der Waals surface area contributed by atoms with Gasteiger partial charge in [0.05, 0.1) is 0 Å². The van der Waals surface area contributed by atoms with Crippen molar-refractivity contribution in [3.8, 4) is 0 Å². The van der Waals surface area contributed by atoms with Gasteiger partial charge in [-0.1, -0.05) is 6.07 Å². The quantitative estimate of drug-likeness (QED) is 0.649. The molecule has 0 aliphatic carbocycles. The van der Waals surface area contributed by atoms with Crippen molar-refractivity contribution in [3.05, 3.63) is 34.5 Å². The van der Waals surface area contributed by atoms with Gasteiger partial charge in [0.2, 0.25) is 0 Å². The second-order valence-electron chi connectivity index (χ2n) is 4.72. The second kappa shape index (κ2) is 7.78. The molecule has 0 unspecified atom stereocenters. The number of nitrogens with zero attached hydrogens (tertiary/aromatic N) is 5. The van der Waals surface area contributed by atoms with Gasteiger partial charge in [0.15, 0.2) is 5.96 Å². The number of nitrogens with one attached hydrogen (secondary N) is 1.